The van der Waals surface area contributed by atoms with E-state index < -0.39 is 6.04 Å². The van der Waals surface area contributed by atoms with E-state index in [1.807, 2.05) is 13.8 Å². The zero-order chi connectivity index (χ0) is 20.0. The third-order valence-electron chi connectivity index (χ3n) is 3.95. The smallest absolute Gasteiger partial charge is 0.291 e. The highest BCUT2D eigenvalue weighted by Crippen LogP contribution is 2.20. The molecule has 27 heavy (non-hydrogen) atoms. The summed E-state index contributed by atoms with van der Waals surface area (Å²) in [5.74, 6) is -0.899. The number of aryl methyl sites for hydroxylation is 1. The van der Waals surface area contributed by atoms with Crippen LogP contribution in [0.4, 0.5) is 11.4 Å². The van der Waals surface area contributed by atoms with Gasteiger partial charge in [0.2, 0.25) is 11.8 Å². The molecule has 2 aromatic rings. The average Bonchev–Trinajstić information content (AvgIpc) is 3.16. The van der Waals surface area contributed by atoms with E-state index in [4.69, 9.17) is 10.2 Å². The fraction of sp³-hybridized carbons (Fsp3) is 0.316. The standard InChI is InChI=1S/C19H24N4O4/c1-11(2)17(20)19(26)21-10-16(24)22-13-6-7-14(12(3)9-13)23-18(25)15-5-4-8-27-15/h4-9,11,17H,10,20H2,1-3H3,(H,21,26)(H,22,24)(H,23,25)/t17-/m0/s1. The number of rotatable bonds is 7. The number of hydrogen-bond donors (Lipinski definition) is 4. The van der Waals surface area contributed by atoms with E-state index in [1.54, 1.807) is 37.3 Å². The Labute approximate surface area is 157 Å². The van der Waals surface area contributed by atoms with Crippen LogP contribution in [0.25, 0.3) is 0 Å². The molecule has 1 aromatic heterocycles. The van der Waals surface area contributed by atoms with Crippen molar-refractivity contribution in [3.05, 3.63) is 47.9 Å². The Bertz CT molecular complexity index is 815. The molecule has 0 bridgehead atoms. The lowest BCUT2D eigenvalue weighted by molar-refractivity contribution is -0.125. The van der Waals surface area contributed by atoms with Crippen molar-refractivity contribution in [2.45, 2.75) is 26.8 Å². The van der Waals surface area contributed by atoms with E-state index in [2.05, 4.69) is 16.0 Å². The number of amides is 3. The van der Waals surface area contributed by atoms with Crippen LogP contribution in [0.2, 0.25) is 0 Å². The summed E-state index contributed by atoms with van der Waals surface area (Å²) >= 11 is 0. The van der Waals surface area contributed by atoms with Gasteiger partial charge in [-0.15, -0.1) is 0 Å². The Morgan fingerprint density at radius 3 is 2.48 bits per heavy atom. The maximum atomic E-state index is 12.0. The summed E-state index contributed by atoms with van der Waals surface area (Å²) in [6.45, 7) is 5.30. The Balaban J connectivity index is 1.90. The highest BCUT2D eigenvalue weighted by molar-refractivity contribution is 6.03. The van der Waals surface area contributed by atoms with E-state index in [0.29, 0.717) is 11.4 Å². The number of hydrogen-bond acceptors (Lipinski definition) is 5. The third-order valence-corrected chi connectivity index (χ3v) is 3.95. The first-order valence-corrected chi connectivity index (χ1v) is 8.56. The molecule has 2 rings (SSSR count). The minimum atomic E-state index is -0.655. The normalized spacial score (nSPS) is 11.7. The van der Waals surface area contributed by atoms with Crippen LogP contribution in [0.1, 0.15) is 30.0 Å². The lowest BCUT2D eigenvalue weighted by Gasteiger charge is -2.15. The number of nitrogens with one attached hydrogen (secondary N) is 3. The molecule has 1 aromatic carbocycles. The predicted molar refractivity (Wildman–Crippen MR) is 102 cm³/mol. The van der Waals surface area contributed by atoms with Crippen LogP contribution in [0.15, 0.2) is 41.0 Å². The zero-order valence-corrected chi connectivity index (χ0v) is 15.5. The van der Waals surface area contributed by atoms with Gasteiger partial charge in [0.25, 0.3) is 5.91 Å². The van der Waals surface area contributed by atoms with E-state index >= 15 is 0 Å². The molecule has 0 aliphatic heterocycles. The fourth-order valence-corrected chi connectivity index (χ4v) is 2.27. The molecular weight excluding hydrogens is 348 g/mol. The number of benzene rings is 1. The van der Waals surface area contributed by atoms with Gasteiger partial charge >= 0.3 is 0 Å². The fourth-order valence-electron chi connectivity index (χ4n) is 2.27. The summed E-state index contributed by atoms with van der Waals surface area (Å²) < 4.78 is 5.05. The maximum Gasteiger partial charge on any atom is 0.291 e. The number of carbonyl (C=O) groups is 3. The Morgan fingerprint density at radius 1 is 1.15 bits per heavy atom. The SMILES string of the molecule is Cc1cc(NC(=O)CNC(=O)[C@@H](N)C(C)C)ccc1NC(=O)c1ccco1. The Hall–Kier alpha value is -3.13. The molecule has 1 heterocycles. The van der Waals surface area contributed by atoms with Gasteiger partial charge < -0.3 is 26.1 Å². The minimum absolute atomic E-state index is 0.0142. The van der Waals surface area contributed by atoms with Crippen molar-refractivity contribution in [3.8, 4) is 0 Å². The lowest BCUT2D eigenvalue weighted by atomic mass is 10.1. The molecule has 0 spiro atoms. The first-order valence-electron chi connectivity index (χ1n) is 8.56. The first-order chi connectivity index (χ1) is 12.8. The minimum Gasteiger partial charge on any atom is -0.459 e. The second kappa shape index (κ2) is 9.00. The van der Waals surface area contributed by atoms with Crippen molar-refractivity contribution in [1.82, 2.24) is 5.32 Å². The van der Waals surface area contributed by atoms with Crippen molar-refractivity contribution in [1.29, 1.82) is 0 Å². The topological polar surface area (TPSA) is 126 Å². The van der Waals surface area contributed by atoms with Crippen LogP contribution in [0, 0.1) is 12.8 Å². The van der Waals surface area contributed by atoms with Gasteiger partial charge in [-0.1, -0.05) is 13.8 Å². The van der Waals surface area contributed by atoms with Crippen molar-refractivity contribution in [3.63, 3.8) is 0 Å². The number of anilines is 2. The summed E-state index contributed by atoms with van der Waals surface area (Å²) in [5.41, 5.74) is 7.64. The third kappa shape index (κ3) is 5.68. The van der Waals surface area contributed by atoms with Crippen LogP contribution in [-0.2, 0) is 9.59 Å². The first kappa shape index (κ1) is 20.2. The summed E-state index contributed by atoms with van der Waals surface area (Å²) in [6, 6.07) is 7.60. The van der Waals surface area contributed by atoms with Crippen molar-refractivity contribution >= 4 is 29.1 Å². The second-order valence-electron chi connectivity index (χ2n) is 6.50. The van der Waals surface area contributed by atoms with E-state index in [0.717, 1.165) is 5.56 Å². The van der Waals surface area contributed by atoms with Gasteiger partial charge in [-0.25, -0.2) is 0 Å². The van der Waals surface area contributed by atoms with Crippen LogP contribution in [0.3, 0.4) is 0 Å². The van der Waals surface area contributed by atoms with Crippen LogP contribution >= 0.6 is 0 Å². The molecular formula is C19H24N4O4. The molecule has 0 aliphatic carbocycles. The van der Waals surface area contributed by atoms with Crippen molar-refractivity contribution in [2.24, 2.45) is 11.7 Å². The van der Waals surface area contributed by atoms with E-state index in [9.17, 15) is 14.4 Å². The van der Waals surface area contributed by atoms with Crippen LogP contribution in [0.5, 0.6) is 0 Å². The van der Waals surface area contributed by atoms with Gasteiger partial charge in [-0.3, -0.25) is 14.4 Å². The maximum absolute atomic E-state index is 12.0. The molecule has 0 unspecified atom stereocenters. The van der Waals surface area contributed by atoms with Gasteiger partial charge in [0.1, 0.15) is 0 Å². The summed E-state index contributed by atoms with van der Waals surface area (Å²) in [7, 11) is 0. The lowest BCUT2D eigenvalue weighted by Crippen LogP contribution is -2.46. The molecule has 0 fully saturated rings. The quantitative estimate of drug-likeness (QED) is 0.590. The molecule has 8 heteroatoms. The Morgan fingerprint density at radius 2 is 1.89 bits per heavy atom. The molecule has 0 radical (unpaired) electrons. The van der Waals surface area contributed by atoms with Gasteiger partial charge in [0, 0.05) is 11.4 Å². The second-order valence-corrected chi connectivity index (χ2v) is 6.50. The van der Waals surface area contributed by atoms with Gasteiger partial charge in [-0.2, -0.15) is 0 Å². The molecule has 0 saturated carbocycles. The summed E-state index contributed by atoms with van der Waals surface area (Å²) in [6.07, 6.45) is 1.42. The van der Waals surface area contributed by atoms with Crippen LogP contribution < -0.4 is 21.7 Å². The number of furan rings is 1. The highest BCUT2D eigenvalue weighted by atomic mass is 16.3. The van der Waals surface area contributed by atoms with Gasteiger partial charge in [0.05, 0.1) is 18.8 Å². The highest BCUT2D eigenvalue weighted by Gasteiger charge is 2.17. The monoisotopic (exact) mass is 372 g/mol. The largest absolute Gasteiger partial charge is 0.459 e. The molecule has 0 saturated heterocycles. The molecule has 144 valence electrons. The molecule has 0 aliphatic rings. The van der Waals surface area contributed by atoms with Gasteiger partial charge in [0.15, 0.2) is 5.76 Å². The van der Waals surface area contributed by atoms with Crippen LogP contribution in [-0.4, -0.2) is 30.3 Å². The summed E-state index contributed by atoms with van der Waals surface area (Å²) in [5, 5.41) is 7.94. The molecule has 1 atom stereocenters. The van der Waals surface area contributed by atoms with Crippen molar-refractivity contribution < 1.29 is 18.8 Å². The zero-order valence-electron chi connectivity index (χ0n) is 15.5. The predicted octanol–water partition coefficient (Wildman–Crippen LogP) is 1.88. The van der Waals surface area contributed by atoms with Gasteiger partial charge in [-0.05, 0) is 48.7 Å². The number of nitrogens with two attached hydrogens (primary N) is 1. The molecule has 3 amide bonds. The Kier molecular flexibility index (Phi) is 6.73. The summed E-state index contributed by atoms with van der Waals surface area (Å²) in [4.78, 5) is 35.8. The molecule has 8 nitrogen and oxygen atoms in total. The van der Waals surface area contributed by atoms with E-state index in [1.165, 1.54) is 6.26 Å². The van der Waals surface area contributed by atoms with Crippen molar-refractivity contribution in [2.75, 3.05) is 17.2 Å². The number of carbonyl (C=O) groups excluding carboxylic acids is 3. The molecule has 5 N–H and O–H groups in total. The average molecular weight is 372 g/mol. The van der Waals surface area contributed by atoms with E-state index in [-0.39, 0.29) is 35.9 Å².